The summed E-state index contributed by atoms with van der Waals surface area (Å²) < 4.78 is 0. The quantitative estimate of drug-likeness (QED) is 0.876. The number of hydrogen-bond donors (Lipinski definition) is 2. The molecule has 1 fully saturated rings. The fraction of sp³-hybridized carbons (Fsp3) is 0.389. The van der Waals surface area contributed by atoms with Gasteiger partial charge in [0.25, 0.3) is 0 Å². The Labute approximate surface area is 152 Å². The second-order valence-corrected chi connectivity index (χ2v) is 6.78. The number of halogens is 1. The SMILES string of the molecule is CC(C(=O)Nc1ccc(Cl)cc1)N1CCCC(c2ccnc(N)n2)C1. The molecule has 0 radical (unpaired) electrons. The zero-order valence-electron chi connectivity index (χ0n) is 14.2. The van der Waals surface area contributed by atoms with Gasteiger partial charge in [-0.2, -0.15) is 0 Å². The van der Waals surface area contributed by atoms with E-state index in [0.717, 1.165) is 37.3 Å². The van der Waals surface area contributed by atoms with E-state index < -0.39 is 0 Å². The number of rotatable bonds is 4. The molecule has 2 unspecified atom stereocenters. The first kappa shape index (κ1) is 17.6. The number of likely N-dealkylation sites (tertiary alicyclic amines) is 1. The molecule has 1 aliphatic rings. The van der Waals surface area contributed by atoms with Gasteiger partial charge in [0.15, 0.2) is 0 Å². The number of nitrogens with two attached hydrogens (primary N) is 1. The molecule has 2 heterocycles. The van der Waals surface area contributed by atoms with Crippen molar-refractivity contribution < 1.29 is 4.79 Å². The molecule has 1 saturated heterocycles. The number of nitrogens with one attached hydrogen (secondary N) is 1. The van der Waals surface area contributed by atoms with Crippen LogP contribution in [0.2, 0.25) is 5.02 Å². The lowest BCUT2D eigenvalue weighted by atomic mass is 9.93. The molecule has 25 heavy (non-hydrogen) atoms. The van der Waals surface area contributed by atoms with E-state index in [4.69, 9.17) is 17.3 Å². The smallest absolute Gasteiger partial charge is 0.241 e. The molecular formula is C18H22ClN5O. The predicted octanol–water partition coefficient (Wildman–Crippen LogP) is 2.92. The standard InChI is InChI=1S/C18H22ClN5O/c1-12(17(25)22-15-6-4-14(19)5-7-15)24-10-2-3-13(11-24)16-8-9-21-18(20)23-16/h4-9,12-13H,2-3,10-11H2,1H3,(H,22,25)(H2,20,21,23). The van der Waals surface area contributed by atoms with Gasteiger partial charge >= 0.3 is 0 Å². The van der Waals surface area contributed by atoms with E-state index in [9.17, 15) is 4.79 Å². The van der Waals surface area contributed by atoms with E-state index in [0.29, 0.717) is 11.0 Å². The molecular weight excluding hydrogens is 338 g/mol. The van der Waals surface area contributed by atoms with Gasteiger partial charge in [0.1, 0.15) is 0 Å². The van der Waals surface area contributed by atoms with Crippen LogP contribution in [-0.4, -0.2) is 39.9 Å². The van der Waals surface area contributed by atoms with Crippen molar-refractivity contribution in [2.45, 2.75) is 31.7 Å². The van der Waals surface area contributed by atoms with E-state index in [-0.39, 0.29) is 17.9 Å². The van der Waals surface area contributed by atoms with E-state index >= 15 is 0 Å². The Hall–Kier alpha value is -2.18. The van der Waals surface area contributed by atoms with Crippen molar-refractivity contribution in [3.05, 3.63) is 47.2 Å². The van der Waals surface area contributed by atoms with Crippen molar-refractivity contribution >= 4 is 29.1 Å². The largest absolute Gasteiger partial charge is 0.368 e. The number of piperidine rings is 1. The van der Waals surface area contributed by atoms with Crippen molar-refractivity contribution in [2.24, 2.45) is 0 Å². The van der Waals surface area contributed by atoms with Gasteiger partial charge in [0.2, 0.25) is 11.9 Å². The first-order valence-corrected chi connectivity index (χ1v) is 8.79. The molecule has 0 spiro atoms. The molecule has 132 valence electrons. The average molecular weight is 360 g/mol. The van der Waals surface area contributed by atoms with Crippen LogP contribution in [0.1, 0.15) is 31.4 Å². The van der Waals surface area contributed by atoms with Crippen LogP contribution in [0.25, 0.3) is 0 Å². The molecule has 0 bridgehead atoms. The zero-order valence-corrected chi connectivity index (χ0v) is 14.9. The number of nitrogens with zero attached hydrogens (tertiary/aromatic N) is 3. The minimum atomic E-state index is -0.224. The molecule has 3 N–H and O–H groups in total. The molecule has 3 rings (SSSR count). The van der Waals surface area contributed by atoms with Crippen LogP contribution in [-0.2, 0) is 4.79 Å². The highest BCUT2D eigenvalue weighted by molar-refractivity contribution is 6.30. The second-order valence-electron chi connectivity index (χ2n) is 6.35. The van der Waals surface area contributed by atoms with Crippen molar-refractivity contribution in [3.63, 3.8) is 0 Å². The van der Waals surface area contributed by atoms with Gasteiger partial charge in [-0.1, -0.05) is 11.6 Å². The number of benzene rings is 1. The van der Waals surface area contributed by atoms with Gasteiger partial charge in [-0.15, -0.1) is 0 Å². The Bertz CT molecular complexity index is 737. The molecule has 2 atom stereocenters. The number of carbonyl (C=O) groups is 1. The van der Waals surface area contributed by atoms with Gasteiger partial charge in [-0.3, -0.25) is 9.69 Å². The van der Waals surface area contributed by atoms with Crippen LogP contribution in [0.3, 0.4) is 0 Å². The molecule has 1 aromatic carbocycles. The van der Waals surface area contributed by atoms with Crippen LogP contribution >= 0.6 is 11.6 Å². The third-order valence-electron chi connectivity index (χ3n) is 4.61. The predicted molar refractivity (Wildman–Crippen MR) is 99.5 cm³/mol. The van der Waals surface area contributed by atoms with E-state index in [1.54, 1.807) is 30.5 Å². The fourth-order valence-electron chi connectivity index (χ4n) is 3.16. The summed E-state index contributed by atoms with van der Waals surface area (Å²) in [5.74, 6) is 0.540. The molecule has 1 amide bonds. The van der Waals surface area contributed by atoms with Crippen molar-refractivity contribution in [2.75, 3.05) is 24.1 Å². The minimum absolute atomic E-state index is 0.0230. The van der Waals surface area contributed by atoms with Gasteiger partial charge in [-0.05, 0) is 56.6 Å². The molecule has 6 nitrogen and oxygen atoms in total. The number of amides is 1. The maximum Gasteiger partial charge on any atom is 0.241 e. The van der Waals surface area contributed by atoms with E-state index in [1.165, 1.54) is 0 Å². The summed E-state index contributed by atoms with van der Waals surface area (Å²) in [6.07, 6.45) is 3.75. The monoisotopic (exact) mass is 359 g/mol. The summed E-state index contributed by atoms with van der Waals surface area (Å²) in [5.41, 5.74) is 7.39. The normalized spacial score (nSPS) is 19.4. The highest BCUT2D eigenvalue weighted by atomic mass is 35.5. The Balaban J connectivity index is 1.63. The number of anilines is 2. The first-order valence-electron chi connectivity index (χ1n) is 8.42. The van der Waals surface area contributed by atoms with Crippen molar-refractivity contribution in [1.82, 2.24) is 14.9 Å². The summed E-state index contributed by atoms with van der Waals surface area (Å²) in [4.78, 5) is 23.0. The maximum atomic E-state index is 12.6. The zero-order chi connectivity index (χ0) is 17.8. The van der Waals surface area contributed by atoms with Gasteiger partial charge in [-0.25, -0.2) is 9.97 Å². The van der Waals surface area contributed by atoms with Crippen LogP contribution in [0.4, 0.5) is 11.6 Å². The third-order valence-corrected chi connectivity index (χ3v) is 4.86. The Morgan fingerprint density at radius 1 is 1.36 bits per heavy atom. The lowest BCUT2D eigenvalue weighted by Crippen LogP contribution is -2.46. The number of aromatic nitrogens is 2. The molecule has 1 aromatic heterocycles. The third kappa shape index (κ3) is 4.46. The van der Waals surface area contributed by atoms with Gasteiger partial charge < -0.3 is 11.1 Å². The summed E-state index contributed by atoms with van der Waals surface area (Å²) >= 11 is 5.88. The number of nitrogen functional groups attached to an aromatic ring is 1. The van der Waals surface area contributed by atoms with Crippen molar-refractivity contribution in [3.8, 4) is 0 Å². The van der Waals surface area contributed by atoms with Crippen LogP contribution in [0, 0.1) is 0 Å². The Morgan fingerprint density at radius 2 is 2.12 bits per heavy atom. The average Bonchev–Trinajstić information content (AvgIpc) is 2.63. The fourth-order valence-corrected chi connectivity index (χ4v) is 3.29. The van der Waals surface area contributed by atoms with E-state index in [2.05, 4.69) is 20.2 Å². The Kier molecular flexibility index (Phi) is 5.50. The molecule has 7 heteroatoms. The molecule has 1 aliphatic heterocycles. The maximum absolute atomic E-state index is 12.6. The lowest BCUT2D eigenvalue weighted by molar-refractivity contribution is -0.121. The summed E-state index contributed by atoms with van der Waals surface area (Å²) in [6.45, 7) is 3.61. The highest BCUT2D eigenvalue weighted by Crippen LogP contribution is 2.27. The second kappa shape index (κ2) is 7.80. The molecule has 0 saturated carbocycles. The molecule has 0 aliphatic carbocycles. The topological polar surface area (TPSA) is 84.1 Å². The van der Waals surface area contributed by atoms with E-state index in [1.807, 2.05) is 13.0 Å². The van der Waals surface area contributed by atoms with Crippen LogP contribution in [0.5, 0.6) is 0 Å². The first-order chi connectivity index (χ1) is 12.0. The Morgan fingerprint density at radius 3 is 2.84 bits per heavy atom. The van der Waals surface area contributed by atoms with Crippen LogP contribution in [0.15, 0.2) is 36.5 Å². The highest BCUT2D eigenvalue weighted by Gasteiger charge is 2.28. The summed E-state index contributed by atoms with van der Waals surface area (Å²) in [6, 6.07) is 8.81. The van der Waals surface area contributed by atoms with Crippen LogP contribution < -0.4 is 11.1 Å². The summed E-state index contributed by atoms with van der Waals surface area (Å²) in [5, 5.41) is 3.59. The lowest BCUT2D eigenvalue weighted by Gasteiger charge is -2.35. The summed E-state index contributed by atoms with van der Waals surface area (Å²) in [7, 11) is 0. The van der Waals surface area contributed by atoms with Gasteiger partial charge in [0.05, 0.1) is 11.7 Å². The molecule has 2 aromatic rings. The van der Waals surface area contributed by atoms with Crippen molar-refractivity contribution in [1.29, 1.82) is 0 Å². The number of carbonyl (C=O) groups excluding carboxylic acids is 1. The number of hydrogen-bond acceptors (Lipinski definition) is 5. The minimum Gasteiger partial charge on any atom is -0.368 e. The van der Waals surface area contributed by atoms with Gasteiger partial charge in [0, 0.05) is 29.4 Å².